The van der Waals surface area contributed by atoms with Crippen LogP contribution in [0.2, 0.25) is 0 Å². The van der Waals surface area contributed by atoms with Crippen molar-refractivity contribution in [3.8, 4) is 6.07 Å². The second-order valence-corrected chi connectivity index (χ2v) is 4.72. The number of carbonyl (C=O) groups is 2. The Morgan fingerprint density at radius 3 is 2.20 bits per heavy atom. The maximum Gasteiger partial charge on any atom is 0.340 e. The molecule has 0 heterocycles. The van der Waals surface area contributed by atoms with E-state index < -0.39 is 43.1 Å². The monoisotopic (exact) mass is 353 g/mol. The van der Waals surface area contributed by atoms with Gasteiger partial charge in [0.05, 0.1) is 26.9 Å². The molecule has 0 radical (unpaired) electrons. The highest BCUT2D eigenvalue weighted by molar-refractivity contribution is 5.76. The summed E-state index contributed by atoms with van der Waals surface area (Å²) in [7, 11) is 2.11. The van der Waals surface area contributed by atoms with Crippen molar-refractivity contribution < 1.29 is 38.7 Å². The molecule has 9 heteroatoms. The van der Waals surface area contributed by atoms with Crippen LogP contribution in [0, 0.1) is 11.3 Å². The van der Waals surface area contributed by atoms with E-state index in [-0.39, 0.29) is 0 Å². The van der Waals surface area contributed by atoms with Gasteiger partial charge in [-0.25, -0.2) is 9.59 Å². The number of hydrogen-bond donors (Lipinski definition) is 2. The lowest BCUT2D eigenvalue weighted by Crippen LogP contribution is -2.44. The number of esters is 2. The van der Waals surface area contributed by atoms with Crippen LogP contribution in [-0.4, -0.2) is 61.5 Å². The van der Waals surface area contributed by atoms with Crippen LogP contribution in [0.15, 0.2) is 30.3 Å². The fourth-order valence-corrected chi connectivity index (χ4v) is 1.82. The predicted molar refractivity (Wildman–Crippen MR) is 81.7 cm³/mol. The molecule has 136 valence electrons. The summed E-state index contributed by atoms with van der Waals surface area (Å²) >= 11 is 0. The largest absolute Gasteiger partial charge is 0.467 e. The van der Waals surface area contributed by atoms with Crippen molar-refractivity contribution in [3.63, 3.8) is 0 Å². The topological polar surface area (TPSA) is 135 Å². The summed E-state index contributed by atoms with van der Waals surface area (Å²) in [6, 6.07) is 10.1. The number of rotatable bonds is 9. The Morgan fingerprint density at radius 1 is 1.12 bits per heavy atom. The van der Waals surface area contributed by atoms with Gasteiger partial charge in [0.1, 0.15) is 0 Å². The average Bonchev–Trinajstić information content (AvgIpc) is 2.67. The van der Waals surface area contributed by atoms with Crippen LogP contribution >= 0.6 is 0 Å². The smallest absolute Gasteiger partial charge is 0.340 e. The lowest BCUT2D eigenvalue weighted by molar-refractivity contribution is -0.240. The van der Waals surface area contributed by atoms with Crippen LogP contribution in [0.3, 0.4) is 0 Å². The molecular formula is C16H19NO8. The Kier molecular flexibility index (Phi) is 8.52. The van der Waals surface area contributed by atoms with E-state index in [1.54, 1.807) is 30.3 Å². The van der Waals surface area contributed by atoms with Gasteiger partial charge in [-0.05, 0) is 5.56 Å². The third-order valence-electron chi connectivity index (χ3n) is 3.12. The van der Waals surface area contributed by atoms with Crippen LogP contribution in [0.5, 0.6) is 0 Å². The normalized spacial score (nSPS) is 15.3. The molecule has 0 aliphatic heterocycles. The van der Waals surface area contributed by atoms with E-state index in [0.29, 0.717) is 5.56 Å². The zero-order chi connectivity index (χ0) is 18.8. The van der Waals surface area contributed by atoms with Crippen molar-refractivity contribution in [2.24, 2.45) is 0 Å². The van der Waals surface area contributed by atoms with E-state index in [9.17, 15) is 25.1 Å². The molecule has 1 aromatic carbocycles. The number of ether oxygens (including phenoxy) is 4. The van der Waals surface area contributed by atoms with Gasteiger partial charge in [-0.3, -0.25) is 0 Å². The van der Waals surface area contributed by atoms with Gasteiger partial charge in [0, 0.05) is 0 Å². The minimum absolute atomic E-state index is 0.439. The lowest BCUT2D eigenvalue weighted by atomic mass is 10.1. The first-order valence-electron chi connectivity index (χ1n) is 7.18. The molecule has 0 spiro atoms. The Balaban J connectivity index is 3.03. The number of nitriles is 1. The molecule has 0 unspecified atom stereocenters. The number of carbonyl (C=O) groups excluding carboxylic acids is 2. The third-order valence-corrected chi connectivity index (χ3v) is 3.12. The van der Waals surface area contributed by atoms with Crippen molar-refractivity contribution in [1.29, 1.82) is 5.26 Å². The molecule has 1 aromatic rings. The highest BCUT2D eigenvalue weighted by Gasteiger charge is 2.36. The zero-order valence-corrected chi connectivity index (χ0v) is 13.7. The quantitative estimate of drug-likeness (QED) is 0.452. The summed E-state index contributed by atoms with van der Waals surface area (Å²) < 4.78 is 19.3. The fraction of sp³-hybridized carbons (Fsp3) is 0.438. The van der Waals surface area contributed by atoms with Gasteiger partial charge in [0.15, 0.2) is 18.5 Å². The van der Waals surface area contributed by atoms with Gasteiger partial charge in [-0.15, -0.1) is 0 Å². The standard InChI is InChI=1S/C16H19NO8/c1-22-14(20)12(9-18)25-16(13(19)15(21)23-2)24-11(8-17)10-6-4-3-5-7-10/h3-7,11-13,16,18-19H,9H2,1-2H3/t11-,12-,13+,16-/m1/s1. The Labute approximate surface area is 144 Å². The highest BCUT2D eigenvalue weighted by atomic mass is 16.7. The Bertz CT molecular complexity index is 600. The molecule has 0 aliphatic carbocycles. The van der Waals surface area contributed by atoms with Crippen molar-refractivity contribution in [2.75, 3.05) is 20.8 Å². The summed E-state index contributed by atoms with van der Waals surface area (Å²) in [5, 5.41) is 28.5. The summed E-state index contributed by atoms with van der Waals surface area (Å²) in [5.41, 5.74) is 0.439. The molecule has 0 amide bonds. The SMILES string of the molecule is COC(=O)[C@@H](CO)O[C@@H](O[C@H](C#N)c1ccccc1)[C@@H](O)C(=O)OC. The van der Waals surface area contributed by atoms with Crippen molar-refractivity contribution in [3.05, 3.63) is 35.9 Å². The molecule has 0 fully saturated rings. The number of benzene rings is 1. The minimum atomic E-state index is -1.96. The zero-order valence-electron chi connectivity index (χ0n) is 13.7. The Hall–Kier alpha value is -2.51. The second-order valence-electron chi connectivity index (χ2n) is 4.72. The lowest BCUT2D eigenvalue weighted by Gasteiger charge is -2.27. The van der Waals surface area contributed by atoms with E-state index in [4.69, 9.17) is 9.47 Å². The van der Waals surface area contributed by atoms with Gasteiger partial charge >= 0.3 is 11.9 Å². The molecule has 0 aromatic heterocycles. The summed E-state index contributed by atoms with van der Waals surface area (Å²) in [5.74, 6) is -2.04. The van der Waals surface area contributed by atoms with E-state index in [2.05, 4.69) is 9.47 Å². The predicted octanol–water partition coefficient (Wildman–Crippen LogP) is -0.322. The van der Waals surface area contributed by atoms with Crippen LogP contribution in [-0.2, 0) is 28.5 Å². The van der Waals surface area contributed by atoms with Gasteiger partial charge in [0.2, 0.25) is 6.10 Å². The first-order chi connectivity index (χ1) is 12.0. The molecule has 0 aliphatic rings. The summed E-state index contributed by atoms with van der Waals surface area (Å²) in [6.07, 6.45) is -6.44. The van der Waals surface area contributed by atoms with Crippen molar-refractivity contribution in [2.45, 2.75) is 24.6 Å². The summed E-state index contributed by atoms with van der Waals surface area (Å²) in [6.45, 7) is -0.789. The maximum absolute atomic E-state index is 11.6. The molecule has 4 atom stereocenters. The summed E-state index contributed by atoms with van der Waals surface area (Å²) in [4.78, 5) is 23.1. The molecule has 0 saturated heterocycles. The molecule has 0 saturated carbocycles. The molecule has 1 rings (SSSR count). The number of methoxy groups -OCH3 is 2. The van der Waals surface area contributed by atoms with Crippen LogP contribution in [0.25, 0.3) is 0 Å². The van der Waals surface area contributed by atoms with Crippen molar-refractivity contribution >= 4 is 11.9 Å². The van der Waals surface area contributed by atoms with Crippen LogP contribution in [0.1, 0.15) is 11.7 Å². The van der Waals surface area contributed by atoms with Gasteiger partial charge in [0.25, 0.3) is 0 Å². The van der Waals surface area contributed by atoms with E-state index in [0.717, 1.165) is 14.2 Å². The number of aliphatic hydroxyl groups excluding tert-OH is 2. The number of hydrogen-bond acceptors (Lipinski definition) is 9. The first kappa shape index (κ1) is 20.5. The third kappa shape index (κ3) is 5.81. The fourth-order valence-electron chi connectivity index (χ4n) is 1.82. The Morgan fingerprint density at radius 2 is 1.72 bits per heavy atom. The van der Waals surface area contributed by atoms with E-state index in [1.807, 2.05) is 6.07 Å². The second kappa shape index (κ2) is 10.4. The number of nitrogens with zero attached hydrogens (tertiary/aromatic N) is 1. The molecule has 9 nitrogen and oxygen atoms in total. The maximum atomic E-state index is 11.6. The first-order valence-corrected chi connectivity index (χ1v) is 7.18. The van der Waals surface area contributed by atoms with Gasteiger partial charge in [-0.1, -0.05) is 30.3 Å². The average molecular weight is 353 g/mol. The van der Waals surface area contributed by atoms with E-state index in [1.165, 1.54) is 0 Å². The molecule has 2 N–H and O–H groups in total. The highest BCUT2D eigenvalue weighted by Crippen LogP contribution is 2.21. The van der Waals surface area contributed by atoms with Crippen molar-refractivity contribution in [1.82, 2.24) is 0 Å². The number of aliphatic hydroxyl groups is 2. The molecular weight excluding hydrogens is 334 g/mol. The van der Waals surface area contributed by atoms with E-state index >= 15 is 0 Å². The van der Waals surface area contributed by atoms with Crippen LogP contribution in [0.4, 0.5) is 0 Å². The minimum Gasteiger partial charge on any atom is -0.467 e. The van der Waals surface area contributed by atoms with Crippen LogP contribution < -0.4 is 0 Å². The van der Waals surface area contributed by atoms with Gasteiger partial charge in [-0.2, -0.15) is 5.26 Å². The molecule has 0 bridgehead atoms. The van der Waals surface area contributed by atoms with Gasteiger partial charge < -0.3 is 29.2 Å². The molecule has 25 heavy (non-hydrogen) atoms.